The van der Waals surface area contributed by atoms with Gasteiger partial charge in [-0.25, -0.2) is 0 Å². The fourth-order valence-corrected chi connectivity index (χ4v) is 6.68. The standard InChI is InChI=1S/C40H64N10O7/c1-41-17-18-48-36(53)30(43-3)11-6-7-15-46-37(54)31(44-4)14-16-47-38(55)33-20-25-9-8-10-26(19-25)27-12-13-35(52)28(21-27)22-32(45-5)39(56)50-34(40(57)49-33)23-29(51)24-42-2/h8-10,12-13,19,21,29-34,41-45,51-52H,6-7,11,14-18,20,22-24H2,1-5H3,(H,46,54)(H,47,55)(H,48,53)(H,49,57)(H,50,56)/t29-,30?,31?,32+,33+,34+/m1/s1. The Kier molecular flexibility index (Phi) is 20.4. The first-order valence-electron chi connectivity index (χ1n) is 19.8. The molecule has 5 amide bonds. The fraction of sp³-hybridized carbons (Fsp3) is 0.575. The van der Waals surface area contributed by atoms with Crippen LogP contribution in [-0.2, 0) is 36.8 Å². The van der Waals surface area contributed by atoms with Gasteiger partial charge in [-0.15, -0.1) is 0 Å². The van der Waals surface area contributed by atoms with Gasteiger partial charge in [-0.3, -0.25) is 24.0 Å². The molecule has 0 aromatic heterocycles. The Morgan fingerprint density at radius 1 is 0.754 bits per heavy atom. The number of aliphatic hydroxyl groups is 1. The summed E-state index contributed by atoms with van der Waals surface area (Å²) in [6.45, 7) is 1.94. The van der Waals surface area contributed by atoms with Crippen molar-refractivity contribution in [1.82, 2.24) is 53.2 Å². The molecule has 1 heterocycles. The molecule has 2 aromatic rings. The van der Waals surface area contributed by atoms with Crippen LogP contribution in [0.15, 0.2) is 42.5 Å². The lowest BCUT2D eigenvalue weighted by Gasteiger charge is -2.26. The predicted molar refractivity (Wildman–Crippen MR) is 219 cm³/mol. The average Bonchev–Trinajstić information content (AvgIpc) is 3.19. The SMILES string of the molecule is CNCCNC(=O)C(CCCCNC(=O)C(CCNC(=O)[C@@H]1Cc2cccc(c2)-c2ccc(O)c(c2)C[C@H](NC)C(=O)N[C@@H](C[C@@H](O)CNC)C(=O)N1)NC)NC. The van der Waals surface area contributed by atoms with E-state index in [2.05, 4.69) is 53.2 Å². The molecule has 6 atom stereocenters. The number of hydrogen-bond donors (Lipinski definition) is 12. The minimum absolute atomic E-state index is 0.0255. The van der Waals surface area contributed by atoms with E-state index in [1.165, 1.54) is 0 Å². The third kappa shape index (κ3) is 15.3. The van der Waals surface area contributed by atoms with Crippen molar-refractivity contribution in [2.75, 3.05) is 68.0 Å². The zero-order chi connectivity index (χ0) is 41.7. The lowest BCUT2D eigenvalue weighted by Crippen LogP contribution is -2.58. The molecule has 1 aliphatic heterocycles. The molecular weight excluding hydrogens is 733 g/mol. The maximum absolute atomic E-state index is 13.9. The van der Waals surface area contributed by atoms with Crippen LogP contribution >= 0.6 is 0 Å². The van der Waals surface area contributed by atoms with E-state index in [1.54, 1.807) is 40.3 Å². The Morgan fingerprint density at radius 2 is 1.46 bits per heavy atom. The van der Waals surface area contributed by atoms with E-state index in [9.17, 15) is 34.2 Å². The second-order valence-electron chi connectivity index (χ2n) is 14.3. The van der Waals surface area contributed by atoms with Crippen molar-refractivity contribution in [1.29, 1.82) is 0 Å². The van der Waals surface area contributed by atoms with Crippen molar-refractivity contribution in [3.63, 3.8) is 0 Å². The smallest absolute Gasteiger partial charge is 0.243 e. The third-order valence-electron chi connectivity index (χ3n) is 10.0. The summed E-state index contributed by atoms with van der Waals surface area (Å²) in [5.41, 5.74) is 2.91. The first-order valence-corrected chi connectivity index (χ1v) is 19.8. The second-order valence-corrected chi connectivity index (χ2v) is 14.3. The number of carbonyl (C=O) groups is 5. The molecule has 12 N–H and O–H groups in total. The van der Waals surface area contributed by atoms with Crippen molar-refractivity contribution in [3.05, 3.63) is 53.6 Å². The summed E-state index contributed by atoms with van der Waals surface area (Å²) in [6, 6.07) is 8.68. The van der Waals surface area contributed by atoms with Crippen LogP contribution in [0, 0.1) is 0 Å². The number of aliphatic hydroxyl groups excluding tert-OH is 1. The van der Waals surface area contributed by atoms with Crippen molar-refractivity contribution in [3.8, 4) is 16.9 Å². The second kappa shape index (κ2) is 24.9. The molecule has 1 aliphatic rings. The summed E-state index contributed by atoms with van der Waals surface area (Å²) in [7, 11) is 8.49. The summed E-state index contributed by atoms with van der Waals surface area (Å²) in [4.78, 5) is 66.7. The van der Waals surface area contributed by atoms with Gasteiger partial charge >= 0.3 is 0 Å². The number of fused-ring (bicyclic) bond motifs is 5. The number of unbranched alkanes of at least 4 members (excludes halogenated alkanes) is 1. The van der Waals surface area contributed by atoms with Gasteiger partial charge < -0.3 is 63.4 Å². The number of benzene rings is 2. The summed E-state index contributed by atoms with van der Waals surface area (Å²) in [6.07, 6.45) is 1.42. The van der Waals surface area contributed by atoms with Gasteiger partial charge in [-0.1, -0.05) is 30.3 Å². The van der Waals surface area contributed by atoms with Gasteiger partial charge in [0.15, 0.2) is 0 Å². The molecule has 0 radical (unpaired) electrons. The van der Waals surface area contributed by atoms with Crippen LogP contribution in [-0.4, -0.2) is 144 Å². The van der Waals surface area contributed by atoms with E-state index in [0.717, 1.165) is 23.1 Å². The molecule has 2 unspecified atom stereocenters. The molecule has 0 fully saturated rings. The third-order valence-corrected chi connectivity index (χ3v) is 10.0. The Hall–Kier alpha value is -4.65. The molecule has 0 saturated heterocycles. The lowest BCUT2D eigenvalue weighted by molar-refractivity contribution is -0.133. The highest BCUT2D eigenvalue weighted by Crippen LogP contribution is 2.28. The summed E-state index contributed by atoms with van der Waals surface area (Å²) >= 11 is 0. The van der Waals surface area contributed by atoms with E-state index in [4.69, 9.17) is 0 Å². The van der Waals surface area contributed by atoms with Crippen molar-refractivity contribution in [2.24, 2.45) is 0 Å². The van der Waals surface area contributed by atoms with Crippen LogP contribution in [0.25, 0.3) is 11.1 Å². The summed E-state index contributed by atoms with van der Waals surface area (Å²) in [5, 5.41) is 50.5. The molecule has 3 rings (SSSR count). The van der Waals surface area contributed by atoms with Crippen LogP contribution < -0.4 is 53.2 Å². The molecule has 17 nitrogen and oxygen atoms in total. The van der Waals surface area contributed by atoms with Crippen LogP contribution in [0.2, 0.25) is 0 Å². The summed E-state index contributed by atoms with van der Waals surface area (Å²) < 4.78 is 0. The highest BCUT2D eigenvalue weighted by Gasteiger charge is 2.31. The molecule has 2 aromatic carbocycles. The maximum Gasteiger partial charge on any atom is 0.243 e. The Labute approximate surface area is 336 Å². The van der Waals surface area contributed by atoms with Gasteiger partial charge in [0, 0.05) is 52.0 Å². The predicted octanol–water partition coefficient (Wildman–Crippen LogP) is -2.01. The minimum atomic E-state index is -1.19. The van der Waals surface area contributed by atoms with Gasteiger partial charge in [0.1, 0.15) is 17.8 Å². The zero-order valence-corrected chi connectivity index (χ0v) is 33.9. The first-order chi connectivity index (χ1) is 27.4. The maximum atomic E-state index is 13.9. The highest BCUT2D eigenvalue weighted by molar-refractivity contribution is 5.93. The van der Waals surface area contributed by atoms with Crippen molar-refractivity contribution < 1.29 is 34.2 Å². The lowest BCUT2D eigenvalue weighted by atomic mass is 9.96. The Balaban J connectivity index is 1.71. The molecule has 17 heteroatoms. The fourth-order valence-electron chi connectivity index (χ4n) is 6.68. The number of likely N-dealkylation sites (N-methyl/N-ethyl adjacent to an activating group) is 5. The van der Waals surface area contributed by atoms with E-state index in [-0.39, 0.29) is 62.4 Å². The number of aromatic hydroxyl groups is 1. The van der Waals surface area contributed by atoms with Gasteiger partial charge in [-0.2, -0.15) is 0 Å². The molecule has 0 spiro atoms. The van der Waals surface area contributed by atoms with Crippen LogP contribution in [0.3, 0.4) is 0 Å². The number of rotatable bonds is 21. The molecular formula is C40H64N10O7. The van der Waals surface area contributed by atoms with Crippen LogP contribution in [0.5, 0.6) is 5.75 Å². The number of carbonyl (C=O) groups excluding carboxylic acids is 5. The zero-order valence-electron chi connectivity index (χ0n) is 33.9. The van der Waals surface area contributed by atoms with Gasteiger partial charge in [0.25, 0.3) is 0 Å². The van der Waals surface area contributed by atoms with E-state index in [0.29, 0.717) is 38.0 Å². The van der Waals surface area contributed by atoms with E-state index < -0.39 is 48.0 Å². The number of nitrogens with one attached hydrogen (secondary N) is 10. The average molecular weight is 797 g/mol. The number of phenolic OH excluding ortho intramolecular Hbond substituents is 1. The van der Waals surface area contributed by atoms with E-state index in [1.807, 2.05) is 37.4 Å². The Morgan fingerprint density at radius 3 is 2.14 bits per heavy atom. The number of phenols is 1. The van der Waals surface area contributed by atoms with Crippen molar-refractivity contribution >= 4 is 29.5 Å². The topological polar surface area (TPSA) is 246 Å². The molecule has 57 heavy (non-hydrogen) atoms. The first kappa shape index (κ1) is 46.7. The quantitative estimate of drug-likeness (QED) is 0.0614. The molecule has 0 saturated carbocycles. The number of hydrogen-bond acceptors (Lipinski definition) is 12. The molecule has 4 bridgehead atoms. The minimum Gasteiger partial charge on any atom is -0.508 e. The van der Waals surface area contributed by atoms with Crippen LogP contribution in [0.4, 0.5) is 0 Å². The Bertz CT molecular complexity index is 1610. The van der Waals surface area contributed by atoms with E-state index >= 15 is 0 Å². The van der Waals surface area contributed by atoms with Gasteiger partial charge in [-0.05, 0) is 95.3 Å². The van der Waals surface area contributed by atoms with Crippen molar-refractivity contribution in [2.45, 2.75) is 81.3 Å². The summed E-state index contributed by atoms with van der Waals surface area (Å²) in [5.74, 6) is -1.91. The van der Waals surface area contributed by atoms with Gasteiger partial charge in [0.05, 0.1) is 24.2 Å². The normalized spacial score (nSPS) is 18.8. The largest absolute Gasteiger partial charge is 0.508 e. The molecule has 316 valence electrons. The van der Waals surface area contributed by atoms with Crippen LogP contribution in [0.1, 0.15) is 43.2 Å². The highest BCUT2D eigenvalue weighted by atomic mass is 16.3. The molecule has 0 aliphatic carbocycles. The van der Waals surface area contributed by atoms with Gasteiger partial charge in [0.2, 0.25) is 29.5 Å². The number of amides is 5. The monoisotopic (exact) mass is 796 g/mol.